The zero-order valence-corrected chi connectivity index (χ0v) is 15.2. The van der Waals surface area contributed by atoms with Crippen LogP contribution in [0, 0.1) is 0 Å². The van der Waals surface area contributed by atoms with E-state index in [2.05, 4.69) is 56.6 Å². The first-order chi connectivity index (χ1) is 10.8. The molecule has 4 heterocycles. The fourth-order valence-corrected chi connectivity index (χ4v) is 5.06. The Morgan fingerprint density at radius 2 is 1.87 bits per heavy atom. The third-order valence-corrected chi connectivity index (χ3v) is 7.14. The average Bonchev–Trinajstić information content (AvgIpc) is 2.94. The van der Waals surface area contributed by atoms with Crippen LogP contribution >= 0.6 is 11.8 Å². The van der Waals surface area contributed by atoms with E-state index in [0.717, 1.165) is 17.1 Å². The Labute approximate surface area is 143 Å². The molecule has 0 aliphatic carbocycles. The highest BCUT2D eigenvalue weighted by molar-refractivity contribution is 8.01. The topological polar surface area (TPSA) is 31.4 Å². The summed E-state index contributed by atoms with van der Waals surface area (Å²) in [7, 11) is -0.331. The van der Waals surface area contributed by atoms with Crippen LogP contribution in [0.15, 0.2) is 24.5 Å². The molecule has 5 heteroatoms. The molecule has 2 saturated heterocycles. The summed E-state index contributed by atoms with van der Waals surface area (Å²) in [4.78, 5) is 4.46. The van der Waals surface area contributed by atoms with E-state index in [1.54, 1.807) is 0 Å². The Morgan fingerprint density at radius 1 is 1.13 bits per heavy atom. The quantitative estimate of drug-likeness (QED) is 0.778. The van der Waals surface area contributed by atoms with E-state index in [9.17, 15) is 0 Å². The molecule has 3 aliphatic rings. The van der Waals surface area contributed by atoms with E-state index in [-0.39, 0.29) is 18.3 Å². The molecule has 2 fully saturated rings. The van der Waals surface area contributed by atoms with Gasteiger partial charge in [-0.3, -0.25) is 4.98 Å². The molecule has 0 saturated carbocycles. The third-order valence-electron chi connectivity index (χ3n) is 5.63. The maximum Gasteiger partial charge on any atom is 0.496 e. The van der Waals surface area contributed by atoms with Crippen molar-refractivity contribution in [3.63, 3.8) is 0 Å². The molecule has 1 aromatic heterocycles. The van der Waals surface area contributed by atoms with Gasteiger partial charge >= 0.3 is 7.12 Å². The molecular weight excluding hydrogens is 305 g/mol. The number of aromatic nitrogens is 1. The highest BCUT2D eigenvalue weighted by Gasteiger charge is 2.51. The molecule has 23 heavy (non-hydrogen) atoms. The standard InChI is InChI=1S/C18H24BNO2S/c1-17(2)18(3,4)22-19(21-17)14-7-13(10-20-11-14)12-8-15-5-6-16(9-12)23-15/h7-8,10-11,15-16H,5-6,9H2,1-4H3. The summed E-state index contributed by atoms with van der Waals surface area (Å²) in [5.41, 5.74) is 3.07. The van der Waals surface area contributed by atoms with Crippen LogP contribution in [-0.4, -0.2) is 33.8 Å². The molecule has 0 aromatic carbocycles. The molecule has 3 nitrogen and oxygen atoms in total. The Balaban J connectivity index is 1.61. The number of fused-ring (bicyclic) bond motifs is 2. The summed E-state index contributed by atoms with van der Waals surface area (Å²) in [6.45, 7) is 8.34. The van der Waals surface area contributed by atoms with Crippen molar-refractivity contribution in [2.75, 3.05) is 0 Å². The van der Waals surface area contributed by atoms with Crippen molar-refractivity contribution < 1.29 is 9.31 Å². The maximum absolute atomic E-state index is 6.16. The van der Waals surface area contributed by atoms with Gasteiger partial charge in [0.05, 0.1) is 11.2 Å². The summed E-state index contributed by atoms with van der Waals surface area (Å²) >= 11 is 2.13. The second-order valence-electron chi connectivity index (χ2n) is 7.87. The monoisotopic (exact) mass is 329 g/mol. The molecule has 2 atom stereocenters. The van der Waals surface area contributed by atoms with Gasteiger partial charge in [-0.2, -0.15) is 11.8 Å². The first-order valence-corrected chi connectivity index (χ1v) is 9.45. The normalized spacial score (nSPS) is 31.3. The van der Waals surface area contributed by atoms with E-state index in [0.29, 0.717) is 5.25 Å². The molecule has 0 N–H and O–H groups in total. The summed E-state index contributed by atoms with van der Waals surface area (Å²) in [6, 6.07) is 2.20. The Bertz CT molecular complexity index is 642. The molecule has 4 rings (SSSR count). The lowest BCUT2D eigenvalue weighted by Gasteiger charge is -2.32. The number of pyridine rings is 1. The van der Waals surface area contributed by atoms with Crippen LogP contribution in [0.1, 0.15) is 52.5 Å². The largest absolute Gasteiger partial charge is 0.496 e. The number of thioether (sulfide) groups is 1. The van der Waals surface area contributed by atoms with Crippen LogP contribution in [0.4, 0.5) is 0 Å². The van der Waals surface area contributed by atoms with Crippen molar-refractivity contribution >= 4 is 29.9 Å². The van der Waals surface area contributed by atoms with Gasteiger partial charge in [-0.1, -0.05) is 12.1 Å². The average molecular weight is 329 g/mol. The molecule has 2 unspecified atom stereocenters. The van der Waals surface area contributed by atoms with Crippen LogP contribution in [0.3, 0.4) is 0 Å². The number of rotatable bonds is 2. The summed E-state index contributed by atoms with van der Waals surface area (Å²) < 4.78 is 12.3. The fourth-order valence-electron chi connectivity index (χ4n) is 3.50. The first-order valence-electron chi connectivity index (χ1n) is 8.51. The predicted octanol–water partition coefficient (Wildman–Crippen LogP) is 3.43. The summed E-state index contributed by atoms with van der Waals surface area (Å²) in [5.74, 6) is 0. The van der Waals surface area contributed by atoms with Crippen molar-refractivity contribution in [2.24, 2.45) is 0 Å². The molecule has 0 amide bonds. The Kier molecular flexibility index (Phi) is 3.67. The third kappa shape index (κ3) is 2.77. The van der Waals surface area contributed by atoms with Crippen LogP contribution < -0.4 is 5.46 Å². The molecular formula is C18H24BNO2S. The van der Waals surface area contributed by atoms with E-state index in [4.69, 9.17) is 9.31 Å². The maximum atomic E-state index is 6.16. The smallest absolute Gasteiger partial charge is 0.399 e. The summed E-state index contributed by atoms with van der Waals surface area (Å²) in [5, 5.41) is 1.49. The van der Waals surface area contributed by atoms with Gasteiger partial charge in [0.15, 0.2) is 0 Å². The van der Waals surface area contributed by atoms with Crippen LogP contribution in [0.2, 0.25) is 0 Å². The van der Waals surface area contributed by atoms with Gasteiger partial charge in [-0.25, -0.2) is 0 Å². The molecule has 0 radical (unpaired) electrons. The van der Waals surface area contributed by atoms with Gasteiger partial charge in [0.1, 0.15) is 0 Å². The first kappa shape index (κ1) is 15.7. The summed E-state index contributed by atoms with van der Waals surface area (Å²) in [6.07, 6.45) is 10.1. The lowest BCUT2D eigenvalue weighted by atomic mass is 9.79. The van der Waals surface area contributed by atoms with E-state index in [1.165, 1.54) is 24.0 Å². The Hall–Kier alpha value is -0.775. The van der Waals surface area contributed by atoms with Gasteiger partial charge in [-0.15, -0.1) is 0 Å². The van der Waals surface area contributed by atoms with Gasteiger partial charge in [0.2, 0.25) is 0 Å². The lowest BCUT2D eigenvalue weighted by molar-refractivity contribution is 0.00578. The van der Waals surface area contributed by atoms with Crippen LogP contribution in [0.25, 0.3) is 5.57 Å². The fraction of sp³-hybridized carbons (Fsp3) is 0.611. The van der Waals surface area contributed by atoms with Gasteiger partial charge in [0.25, 0.3) is 0 Å². The SMILES string of the molecule is CC1(C)OB(c2cncc(C3=CC4CCC(C3)S4)c2)OC1(C)C. The minimum atomic E-state index is -0.331. The Morgan fingerprint density at radius 3 is 2.57 bits per heavy atom. The second-order valence-corrected chi connectivity index (χ2v) is 9.41. The molecule has 122 valence electrons. The van der Waals surface area contributed by atoms with Crippen molar-refractivity contribution in [3.8, 4) is 0 Å². The number of hydrogen-bond donors (Lipinski definition) is 0. The predicted molar refractivity (Wildman–Crippen MR) is 96.9 cm³/mol. The van der Waals surface area contributed by atoms with Crippen molar-refractivity contribution in [3.05, 3.63) is 30.1 Å². The van der Waals surface area contributed by atoms with Crippen molar-refractivity contribution in [1.82, 2.24) is 4.98 Å². The van der Waals surface area contributed by atoms with Crippen molar-refractivity contribution in [2.45, 2.75) is 68.7 Å². The van der Waals surface area contributed by atoms with E-state index in [1.807, 2.05) is 12.4 Å². The molecule has 3 aliphatic heterocycles. The van der Waals surface area contributed by atoms with Gasteiger partial charge < -0.3 is 9.31 Å². The van der Waals surface area contributed by atoms with Gasteiger partial charge in [-0.05, 0) is 58.1 Å². The number of allylic oxidation sites excluding steroid dienone is 1. The highest BCUT2D eigenvalue weighted by atomic mass is 32.2. The van der Waals surface area contributed by atoms with E-state index < -0.39 is 0 Å². The zero-order valence-electron chi connectivity index (χ0n) is 14.3. The molecule has 1 aromatic rings. The minimum absolute atomic E-state index is 0.312. The lowest BCUT2D eigenvalue weighted by Crippen LogP contribution is -2.41. The minimum Gasteiger partial charge on any atom is -0.399 e. The van der Waals surface area contributed by atoms with Crippen LogP contribution in [0.5, 0.6) is 0 Å². The van der Waals surface area contributed by atoms with Gasteiger partial charge in [0, 0.05) is 28.4 Å². The molecule has 2 bridgehead atoms. The zero-order chi connectivity index (χ0) is 16.2. The molecule has 0 spiro atoms. The second kappa shape index (κ2) is 5.37. The van der Waals surface area contributed by atoms with Crippen LogP contribution in [-0.2, 0) is 9.31 Å². The number of hydrogen-bond acceptors (Lipinski definition) is 4. The van der Waals surface area contributed by atoms with Crippen molar-refractivity contribution in [1.29, 1.82) is 0 Å². The number of nitrogens with zero attached hydrogens (tertiary/aromatic N) is 1. The van der Waals surface area contributed by atoms with E-state index >= 15 is 0 Å². The highest BCUT2D eigenvalue weighted by Crippen LogP contribution is 2.45.